The smallest absolute Gasteiger partial charge is 0.119 e. The Labute approximate surface area is 110 Å². The zero-order chi connectivity index (χ0) is 13.4. The van der Waals surface area contributed by atoms with E-state index < -0.39 is 0 Å². The molecule has 0 aliphatic rings. The molecule has 1 unspecified atom stereocenters. The van der Waals surface area contributed by atoms with Crippen molar-refractivity contribution in [3.05, 3.63) is 24.3 Å². The molecule has 0 bridgehead atoms. The van der Waals surface area contributed by atoms with Crippen molar-refractivity contribution in [3.8, 4) is 5.75 Å². The number of methoxy groups -OCH3 is 2. The molecule has 0 fully saturated rings. The van der Waals surface area contributed by atoms with Gasteiger partial charge in [0, 0.05) is 25.9 Å². The summed E-state index contributed by atoms with van der Waals surface area (Å²) in [6.07, 6.45) is 1.17. The molecule has 0 aliphatic carbocycles. The van der Waals surface area contributed by atoms with Gasteiger partial charge in [-0.3, -0.25) is 0 Å². The minimum atomic E-state index is 0.199. The van der Waals surface area contributed by atoms with Crippen LogP contribution in [0.1, 0.15) is 13.3 Å². The van der Waals surface area contributed by atoms with Gasteiger partial charge in [-0.15, -0.1) is 0 Å². The molecule has 0 amide bonds. The van der Waals surface area contributed by atoms with Gasteiger partial charge in [0.15, 0.2) is 0 Å². The molecule has 0 heterocycles. The van der Waals surface area contributed by atoms with Gasteiger partial charge in [-0.1, -0.05) is 0 Å². The number of benzene rings is 1. The van der Waals surface area contributed by atoms with E-state index in [0.29, 0.717) is 6.54 Å². The van der Waals surface area contributed by atoms with Crippen LogP contribution in [0.25, 0.3) is 0 Å². The molecular formula is C14H24N2O2. The Morgan fingerprint density at radius 3 is 2.39 bits per heavy atom. The number of rotatable bonds is 8. The minimum Gasteiger partial charge on any atom is -0.497 e. The van der Waals surface area contributed by atoms with E-state index >= 15 is 0 Å². The van der Waals surface area contributed by atoms with Crippen LogP contribution in [-0.2, 0) is 4.74 Å². The second kappa shape index (κ2) is 7.95. The van der Waals surface area contributed by atoms with E-state index in [2.05, 4.69) is 24.0 Å². The lowest BCUT2D eigenvalue weighted by atomic mass is 10.2. The van der Waals surface area contributed by atoms with E-state index in [4.69, 9.17) is 15.2 Å². The topological polar surface area (TPSA) is 47.7 Å². The highest BCUT2D eigenvalue weighted by molar-refractivity contribution is 5.49. The second-order valence-corrected chi connectivity index (χ2v) is 4.33. The number of hydrogen-bond acceptors (Lipinski definition) is 4. The molecule has 0 spiro atoms. The standard InChI is InChI=1S/C14H24N2O2/c1-12(17-2)11-16(10-4-9-15)13-5-7-14(18-3)8-6-13/h5-8,12H,4,9-11,15H2,1-3H3. The van der Waals surface area contributed by atoms with Gasteiger partial charge in [0.1, 0.15) is 5.75 Å². The van der Waals surface area contributed by atoms with Crippen molar-refractivity contribution in [2.45, 2.75) is 19.4 Å². The van der Waals surface area contributed by atoms with Gasteiger partial charge in [-0.2, -0.15) is 0 Å². The summed E-state index contributed by atoms with van der Waals surface area (Å²) in [4.78, 5) is 2.29. The van der Waals surface area contributed by atoms with E-state index in [-0.39, 0.29) is 6.10 Å². The summed E-state index contributed by atoms with van der Waals surface area (Å²) in [6.45, 7) is 4.58. The van der Waals surface area contributed by atoms with E-state index in [1.807, 2.05) is 12.1 Å². The molecule has 0 aliphatic heterocycles. The van der Waals surface area contributed by atoms with Gasteiger partial charge < -0.3 is 20.1 Å². The normalized spacial score (nSPS) is 12.2. The summed E-state index contributed by atoms with van der Waals surface area (Å²) in [5.41, 5.74) is 6.76. The third-order valence-corrected chi connectivity index (χ3v) is 2.95. The van der Waals surface area contributed by atoms with E-state index in [0.717, 1.165) is 25.3 Å². The molecule has 102 valence electrons. The molecule has 0 saturated carbocycles. The van der Waals surface area contributed by atoms with Crippen LogP contribution in [0.4, 0.5) is 5.69 Å². The summed E-state index contributed by atoms with van der Waals surface area (Å²) in [5, 5.41) is 0. The molecule has 4 heteroatoms. The summed E-state index contributed by atoms with van der Waals surface area (Å²) in [6, 6.07) is 8.08. The molecule has 0 saturated heterocycles. The first-order valence-electron chi connectivity index (χ1n) is 6.33. The van der Waals surface area contributed by atoms with Crippen molar-refractivity contribution >= 4 is 5.69 Å². The number of ether oxygens (including phenoxy) is 2. The van der Waals surface area contributed by atoms with Crippen molar-refractivity contribution in [2.24, 2.45) is 5.73 Å². The van der Waals surface area contributed by atoms with Crippen LogP contribution in [0, 0.1) is 0 Å². The lowest BCUT2D eigenvalue weighted by molar-refractivity contribution is 0.123. The van der Waals surface area contributed by atoms with Crippen molar-refractivity contribution in [1.82, 2.24) is 0 Å². The fraction of sp³-hybridized carbons (Fsp3) is 0.571. The average molecular weight is 252 g/mol. The van der Waals surface area contributed by atoms with Crippen LogP contribution >= 0.6 is 0 Å². The molecule has 1 aromatic rings. The van der Waals surface area contributed by atoms with Gasteiger partial charge in [0.25, 0.3) is 0 Å². The molecule has 0 aromatic heterocycles. The largest absolute Gasteiger partial charge is 0.497 e. The first-order chi connectivity index (χ1) is 8.71. The van der Waals surface area contributed by atoms with Crippen LogP contribution in [0.3, 0.4) is 0 Å². The highest BCUT2D eigenvalue weighted by Gasteiger charge is 2.10. The molecule has 4 nitrogen and oxygen atoms in total. The lowest BCUT2D eigenvalue weighted by Gasteiger charge is -2.27. The summed E-state index contributed by atoms with van der Waals surface area (Å²) < 4.78 is 10.5. The maximum atomic E-state index is 5.59. The highest BCUT2D eigenvalue weighted by atomic mass is 16.5. The first kappa shape index (κ1) is 14.8. The summed E-state index contributed by atoms with van der Waals surface area (Å²) in [7, 11) is 3.41. The Bertz CT molecular complexity index is 327. The number of anilines is 1. The van der Waals surface area contributed by atoms with Crippen LogP contribution < -0.4 is 15.4 Å². The highest BCUT2D eigenvalue weighted by Crippen LogP contribution is 2.19. The zero-order valence-corrected chi connectivity index (χ0v) is 11.6. The number of hydrogen-bond donors (Lipinski definition) is 1. The van der Waals surface area contributed by atoms with E-state index in [9.17, 15) is 0 Å². The minimum absolute atomic E-state index is 0.199. The maximum Gasteiger partial charge on any atom is 0.119 e. The Kier molecular flexibility index (Phi) is 6.54. The van der Waals surface area contributed by atoms with Gasteiger partial charge in [-0.25, -0.2) is 0 Å². The summed E-state index contributed by atoms with van der Waals surface area (Å²) in [5.74, 6) is 0.873. The Hall–Kier alpha value is -1.26. The molecule has 18 heavy (non-hydrogen) atoms. The Balaban J connectivity index is 2.72. The quantitative estimate of drug-likeness (QED) is 0.767. The molecule has 1 atom stereocenters. The predicted octanol–water partition coefficient (Wildman–Crippen LogP) is 1.89. The fourth-order valence-corrected chi connectivity index (χ4v) is 1.79. The molecule has 2 N–H and O–H groups in total. The van der Waals surface area contributed by atoms with Gasteiger partial charge >= 0.3 is 0 Å². The van der Waals surface area contributed by atoms with Gasteiger partial charge in [0.05, 0.1) is 13.2 Å². The monoisotopic (exact) mass is 252 g/mol. The van der Waals surface area contributed by atoms with Crippen LogP contribution in [0.5, 0.6) is 5.75 Å². The molecule has 1 rings (SSSR count). The third kappa shape index (κ3) is 4.55. The zero-order valence-electron chi connectivity index (χ0n) is 11.6. The Morgan fingerprint density at radius 2 is 1.89 bits per heavy atom. The van der Waals surface area contributed by atoms with Gasteiger partial charge in [-0.05, 0) is 44.2 Å². The van der Waals surface area contributed by atoms with Crippen molar-refractivity contribution in [1.29, 1.82) is 0 Å². The van der Waals surface area contributed by atoms with E-state index in [1.165, 1.54) is 5.69 Å². The number of nitrogens with two attached hydrogens (primary N) is 1. The van der Waals surface area contributed by atoms with E-state index in [1.54, 1.807) is 14.2 Å². The third-order valence-electron chi connectivity index (χ3n) is 2.95. The second-order valence-electron chi connectivity index (χ2n) is 4.33. The predicted molar refractivity (Wildman–Crippen MR) is 75.3 cm³/mol. The maximum absolute atomic E-state index is 5.59. The lowest BCUT2D eigenvalue weighted by Crippen LogP contribution is -2.33. The van der Waals surface area contributed by atoms with Crippen LogP contribution in [0.15, 0.2) is 24.3 Å². The molecule has 0 radical (unpaired) electrons. The fourth-order valence-electron chi connectivity index (χ4n) is 1.79. The van der Waals surface area contributed by atoms with Crippen LogP contribution in [-0.4, -0.2) is 40.0 Å². The van der Waals surface area contributed by atoms with Crippen molar-refractivity contribution in [3.63, 3.8) is 0 Å². The van der Waals surface area contributed by atoms with Crippen molar-refractivity contribution < 1.29 is 9.47 Å². The average Bonchev–Trinajstić information content (AvgIpc) is 2.43. The van der Waals surface area contributed by atoms with Gasteiger partial charge in [0.2, 0.25) is 0 Å². The molecular weight excluding hydrogens is 228 g/mol. The number of nitrogens with zero attached hydrogens (tertiary/aromatic N) is 1. The summed E-state index contributed by atoms with van der Waals surface area (Å²) >= 11 is 0. The SMILES string of the molecule is COc1ccc(N(CCCN)CC(C)OC)cc1. The van der Waals surface area contributed by atoms with Crippen molar-refractivity contribution in [2.75, 3.05) is 38.8 Å². The molecule has 1 aromatic carbocycles. The first-order valence-corrected chi connectivity index (χ1v) is 6.33. The van der Waals surface area contributed by atoms with Crippen LogP contribution in [0.2, 0.25) is 0 Å². The Morgan fingerprint density at radius 1 is 1.22 bits per heavy atom.